The molecule has 0 aliphatic carbocycles. The molecular weight excluding hydrogens is 286 g/mol. The largest absolute Gasteiger partial charge is 0.357 e. The Morgan fingerprint density at radius 3 is 2.52 bits per heavy atom. The molecule has 2 aromatic rings. The molecule has 0 saturated heterocycles. The number of benzene rings is 1. The Morgan fingerprint density at radius 2 is 1.83 bits per heavy atom. The van der Waals surface area contributed by atoms with Crippen LogP contribution in [-0.2, 0) is 0 Å². The van der Waals surface area contributed by atoms with Crippen LogP contribution in [0.4, 0.5) is 5.82 Å². The number of amidine groups is 1. The van der Waals surface area contributed by atoms with Crippen LogP contribution in [-0.4, -0.2) is 39.8 Å². The molecule has 118 valence electrons. The molecule has 0 saturated carbocycles. The van der Waals surface area contributed by atoms with Crippen LogP contribution < -0.4 is 0 Å². The Hall–Kier alpha value is -2.69. The van der Waals surface area contributed by atoms with E-state index in [2.05, 4.69) is 28.8 Å². The molecule has 1 aliphatic heterocycles. The number of hydrogen-bond donors (Lipinski definition) is 0. The normalized spacial score (nSPS) is 18.2. The van der Waals surface area contributed by atoms with Gasteiger partial charge in [-0.1, -0.05) is 18.2 Å². The second-order valence-electron chi connectivity index (χ2n) is 5.37. The lowest BCUT2D eigenvalue weighted by Crippen LogP contribution is -2.31. The monoisotopic (exact) mass is 307 g/mol. The Kier molecular flexibility index (Phi) is 4.37. The van der Waals surface area contributed by atoms with Crippen LogP contribution in [0.25, 0.3) is 5.69 Å². The zero-order valence-corrected chi connectivity index (χ0v) is 13.8. The molecule has 0 bridgehead atoms. The molecule has 5 nitrogen and oxygen atoms in total. The van der Waals surface area contributed by atoms with Gasteiger partial charge in [0.15, 0.2) is 5.82 Å². The van der Waals surface area contributed by atoms with Gasteiger partial charge < -0.3 is 4.90 Å². The number of aliphatic imine (C=N–C) groups is 2. The van der Waals surface area contributed by atoms with Crippen molar-refractivity contribution in [3.63, 3.8) is 0 Å². The van der Waals surface area contributed by atoms with Gasteiger partial charge in [0.2, 0.25) is 0 Å². The smallest absolute Gasteiger partial charge is 0.166 e. The summed E-state index contributed by atoms with van der Waals surface area (Å²) in [6.07, 6.45) is 5.48. The van der Waals surface area contributed by atoms with Gasteiger partial charge >= 0.3 is 0 Å². The van der Waals surface area contributed by atoms with Crippen molar-refractivity contribution in [3.8, 4) is 5.69 Å². The summed E-state index contributed by atoms with van der Waals surface area (Å²) in [4.78, 5) is 11.6. The van der Waals surface area contributed by atoms with E-state index < -0.39 is 0 Å². The molecule has 0 N–H and O–H groups in total. The lowest BCUT2D eigenvalue weighted by molar-refractivity contribution is 0.465. The number of hydrogen-bond acceptors (Lipinski definition) is 4. The van der Waals surface area contributed by atoms with Crippen molar-refractivity contribution in [2.45, 2.75) is 20.8 Å². The highest BCUT2D eigenvalue weighted by atomic mass is 15.3. The van der Waals surface area contributed by atoms with Crippen LogP contribution in [0.15, 0.2) is 58.3 Å². The van der Waals surface area contributed by atoms with E-state index in [9.17, 15) is 0 Å². The van der Waals surface area contributed by atoms with Crippen molar-refractivity contribution >= 4 is 17.9 Å². The second-order valence-corrected chi connectivity index (χ2v) is 5.37. The third-order valence-corrected chi connectivity index (χ3v) is 3.88. The molecule has 2 heterocycles. The van der Waals surface area contributed by atoms with Crippen LogP contribution in [0, 0.1) is 0 Å². The van der Waals surface area contributed by atoms with E-state index in [0.29, 0.717) is 0 Å². The number of nitrogens with zero attached hydrogens (tertiary/aromatic N) is 5. The van der Waals surface area contributed by atoms with Crippen molar-refractivity contribution in [1.82, 2.24) is 14.7 Å². The SMILES string of the molecule is CCN(CC)C1=N/c2c(cnn2-c2ccccc2)C=N/C=C\1C. The van der Waals surface area contributed by atoms with Crippen LogP contribution in [0.3, 0.4) is 0 Å². The maximum Gasteiger partial charge on any atom is 0.166 e. The van der Waals surface area contributed by atoms with Gasteiger partial charge in [0.1, 0.15) is 5.84 Å². The molecule has 0 spiro atoms. The first-order valence-corrected chi connectivity index (χ1v) is 7.92. The Balaban J connectivity index is 2.17. The summed E-state index contributed by atoms with van der Waals surface area (Å²) >= 11 is 0. The third-order valence-electron chi connectivity index (χ3n) is 3.88. The Labute approximate surface area is 136 Å². The van der Waals surface area contributed by atoms with E-state index >= 15 is 0 Å². The number of likely N-dealkylation sites (N-methyl/N-ethyl adjacent to an activating group) is 1. The minimum absolute atomic E-state index is 0.814. The zero-order chi connectivity index (χ0) is 16.2. The quantitative estimate of drug-likeness (QED) is 0.870. The lowest BCUT2D eigenvalue weighted by atomic mass is 10.2. The first-order valence-electron chi connectivity index (χ1n) is 7.92. The molecule has 23 heavy (non-hydrogen) atoms. The fourth-order valence-electron chi connectivity index (χ4n) is 2.63. The number of para-hydroxylation sites is 1. The van der Waals surface area contributed by atoms with Crippen LogP contribution in [0.5, 0.6) is 0 Å². The van der Waals surface area contributed by atoms with Gasteiger partial charge in [0.05, 0.1) is 17.4 Å². The molecule has 1 aromatic carbocycles. The lowest BCUT2D eigenvalue weighted by Gasteiger charge is -2.24. The molecule has 1 aliphatic rings. The molecule has 0 fully saturated rings. The Morgan fingerprint density at radius 1 is 1.09 bits per heavy atom. The fraction of sp³-hybridized carbons (Fsp3) is 0.278. The van der Waals surface area contributed by atoms with Gasteiger partial charge in [0, 0.05) is 31.1 Å². The summed E-state index contributed by atoms with van der Waals surface area (Å²) < 4.78 is 1.86. The standard InChI is InChI=1S/C18H21N5/c1-4-22(5-2)17-14(3)11-19-12-15-13-20-23(18(15)21-17)16-9-7-6-8-10-16/h6-13H,4-5H2,1-3H3/b14-11-,15-12?,17-14?,19-11?,19-12?,21-17+,21-18?. The summed E-state index contributed by atoms with van der Waals surface area (Å²) in [7, 11) is 0. The first-order chi connectivity index (χ1) is 11.2. The highest BCUT2D eigenvalue weighted by Gasteiger charge is 2.17. The Bertz CT molecular complexity index is 764. The second kappa shape index (κ2) is 6.60. The molecule has 0 unspecified atom stereocenters. The van der Waals surface area contributed by atoms with Gasteiger partial charge in [0.25, 0.3) is 0 Å². The maximum absolute atomic E-state index is 4.94. The summed E-state index contributed by atoms with van der Waals surface area (Å²) in [5, 5.41) is 4.50. The van der Waals surface area contributed by atoms with Crippen molar-refractivity contribution in [1.29, 1.82) is 0 Å². The van der Waals surface area contributed by atoms with Gasteiger partial charge in [-0.15, -0.1) is 0 Å². The van der Waals surface area contributed by atoms with Crippen molar-refractivity contribution in [3.05, 3.63) is 53.9 Å². The number of fused-ring (bicyclic) bond motifs is 1. The third kappa shape index (κ3) is 2.95. The highest BCUT2D eigenvalue weighted by Crippen LogP contribution is 2.25. The van der Waals surface area contributed by atoms with Gasteiger partial charge in [-0.05, 0) is 32.9 Å². The van der Waals surface area contributed by atoms with Crippen molar-refractivity contribution in [2.75, 3.05) is 13.1 Å². The van der Waals surface area contributed by atoms with E-state index in [4.69, 9.17) is 4.99 Å². The molecule has 3 rings (SSSR count). The minimum Gasteiger partial charge on any atom is -0.357 e. The van der Waals surface area contributed by atoms with Crippen LogP contribution in [0.1, 0.15) is 26.3 Å². The van der Waals surface area contributed by atoms with E-state index in [1.54, 1.807) is 0 Å². The summed E-state index contributed by atoms with van der Waals surface area (Å²) in [6, 6.07) is 10.0. The van der Waals surface area contributed by atoms with Gasteiger partial charge in [-0.25, -0.2) is 9.67 Å². The number of aromatic nitrogens is 2. The van der Waals surface area contributed by atoms with Crippen molar-refractivity contribution in [2.24, 2.45) is 9.98 Å². The molecule has 1 aromatic heterocycles. The van der Waals surface area contributed by atoms with E-state index in [0.717, 1.165) is 41.6 Å². The highest BCUT2D eigenvalue weighted by molar-refractivity contribution is 6.01. The molecule has 0 radical (unpaired) electrons. The number of rotatable bonds is 3. The average molecular weight is 307 g/mol. The minimum atomic E-state index is 0.814. The predicted molar refractivity (Wildman–Crippen MR) is 94.9 cm³/mol. The molecular formula is C18H21N5. The summed E-state index contributed by atoms with van der Waals surface area (Å²) in [6.45, 7) is 8.12. The van der Waals surface area contributed by atoms with Crippen LogP contribution >= 0.6 is 0 Å². The predicted octanol–water partition coefficient (Wildman–Crippen LogP) is 3.58. The van der Waals surface area contributed by atoms with Gasteiger partial charge in [-0.2, -0.15) is 5.10 Å². The van der Waals surface area contributed by atoms with Crippen molar-refractivity contribution < 1.29 is 0 Å². The van der Waals surface area contributed by atoms with E-state index in [-0.39, 0.29) is 0 Å². The first kappa shape index (κ1) is 15.2. The van der Waals surface area contributed by atoms with E-state index in [1.165, 1.54) is 0 Å². The zero-order valence-electron chi connectivity index (χ0n) is 13.8. The molecule has 0 amide bonds. The van der Waals surface area contributed by atoms with E-state index in [1.807, 2.05) is 60.5 Å². The molecule has 0 atom stereocenters. The summed E-state index contributed by atoms with van der Waals surface area (Å²) in [5.74, 6) is 1.76. The van der Waals surface area contributed by atoms with Gasteiger partial charge in [-0.3, -0.25) is 4.99 Å². The van der Waals surface area contributed by atoms with Crippen LogP contribution in [0.2, 0.25) is 0 Å². The summed E-state index contributed by atoms with van der Waals surface area (Å²) in [5.41, 5.74) is 2.96. The average Bonchev–Trinajstić information content (AvgIpc) is 2.96. The maximum atomic E-state index is 4.94. The topological polar surface area (TPSA) is 45.8 Å². The fourth-order valence-corrected chi connectivity index (χ4v) is 2.63. The molecule has 5 heteroatoms.